The van der Waals surface area contributed by atoms with Gasteiger partial charge in [-0.05, 0) is 25.0 Å². The van der Waals surface area contributed by atoms with E-state index in [1.807, 2.05) is 6.07 Å². The van der Waals surface area contributed by atoms with Gasteiger partial charge in [0.15, 0.2) is 0 Å². The van der Waals surface area contributed by atoms with E-state index in [1.54, 1.807) is 23.9 Å². The topological polar surface area (TPSA) is 72.5 Å². The molecule has 2 atom stereocenters. The molecule has 0 aromatic heterocycles. The normalized spacial score (nSPS) is 23.2. The van der Waals surface area contributed by atoms with Gasteiger partial charge >= 0.3 is 5.97 Å². The maximum absolute atomic E-state index is 11.2. The largest absolute Gasteiger partial charge is 0.478 e. The number of rotatable bonds is 4. The Kier molecular flexibility index (Phi) is 4.14. The zero-order valence-corrected chi connectivity index (χ0v) is 11.1. The summed E-state index contributed by atoms with van der Waals surface area (Å²) in [6.07, 6.45) is 1.26. The average molecular weight is 267 g/mol. The minimum absolute atomic E-state index is 0.233. The number of carboxylic acids is 1. The summed E-state index contributed by atoms with van der Waals surface area (Å²) in [7, 11) is 0. The number of nitrogens with two attached hydrogens (primary N) is 1. The highest BCUT2D eigenvalue weighted by atomic mass is 32.2. The zero-order chi connectivity index (χ0) is 13.1. The van der Waals surface area contributed by atoms with Crippen LogP contribution in [0, 0.1) is 0 Å². The van der Waals surface area contributed by atoms with Crippen LogP contribution in [0.15, 0.2) is 18.2 Å². The highest BCUT2D eigenvalue weighted by Crippen LogP contribution is 2.30. The van der Waals surface area contributed by atoms with Crippen LogP contribution in [0.2, 0.25) is 0 Å². The second-order valence-electron chi connectivity index (χ2n) is 4.40. The van der Waals surface area contributed by atoms with Gasteiger partial charge in [-0.2, -0.15) is 11.8 Å². The molecule has 2 rings (SSSR count). The number of benzene rings is 1. The molecule has 1 saturated heterocycles. The van der Waals surface area contributed by atoms with Crippen LogP contribution in [0.25, 0.3) is 0 Å². The molecule has 2 unspecified atom stereocenters. The molecule has 0 aliphatic carbocycles. The van der Waals surface area contributed by atoms with Crippen molar-refractivity contribution in [3.63, 3.8) is 0 Å². The van der Waals surface area contributed by atoms with Gasteiger partial charge in [0.05, 0.1) is 11.7 Å². The molecule has 3 N–H and O–H groups in total. The predicted octanol–water partition coefficient (Wildman–Crippen LogP) is 2.38. The second-order valence-corrected chi connectivity index (χ2v) is 5.63. The predicted molar refractivity (Wildman–Crippen MR) is 72.9 cm³/mol. The van der Waals surface area contributed by atoms with E-state index in [0.717, 1.165) is 18.6 Å². The van der Waals surface area contributed by atoms with Gasteiger partial charge in [-0.15, -0.1) is 0 Å². The van der Waals surface area contributed by atoms with Crippen LogP contribution in [-0.4, -0.2) is 29.0 Å². The first-order valence-corrected chi connectivity index (χ1v) is 6.98. The summed E-state index contributed by atoms with van der Waals surface area (Å²) >= 11 is 1.74. The van der Waals surface area contributed by atoms with Crippen LogP contribution in [-0.2, 0) is 10.5 Å². The molecule has 0 saturated carbocycles. The molecular formula is C13H17NO3S. The van der Waals surface area contributed by atoms with Crippen LogP contribution in [0.4, 0.5) is 5.69 Å². The van der Waals surface area contributed by atoms with Gasteiger partial charge in [0, 0.05) is 23.3 Å². The fourth-order valence-corrected chi connectivity index (χ4v) is 3.38. The number of thioether (sulfide) groups is 1. The lowest BCUT2D eigenvalue weighted by atomic mass is 10.1. The van der Waals surface area contributed by atoms with E-state index in [2.05, 4.69) is 6.92 Å². The van der Waals surface area contributed by atoms with Crippen LogP contribution < -0.4 is 5.73 Å². The number of carbonyl (C=O) groups is 1. The van der Waals surface area contributed by atoms with E-state index >= 15 is 0 Å². The molecule has 0 radical (unpaired) electrons. The molecule has 1 fully saturated rings. The fourth-order valence-electron chi connectivity index (χ4n) is 2.13. The van der Waals surface area contributed by atoms with Crippen molar-refractivity contribution >= 4 is 23.4 Å². The smallest absolute Gasteiger partial charge is 0.338 e. The van der Waals surface area contributed by atoms with Crippen molar-refractivity contribution in [2.24, 2.45) is 0 Å². The molecule has 0 bridgehead atoms. The molecule has 1 aromatic carbocycles. The maximum Gasteiger partial charge on any atom is 0.338 e. The highest BCUT2D eigenvalue weighted by molar-refractivity contribution is 7.99. The lowest BCUT2D eigenvalue weighted by molar-refractivity contribution is 0.0697. The van der Waals surface area contributed by atoms with E-state index in [0.29, 0.717) is 16.7 Å². The SMILES string of the molecule is CC1OCCC1SCc1cccc(N)c1C(=O)O. The Morgan fingerprint density at radius 2 is 2.39 bits per heavy atom. The molecule has 18 heavy (non-hydrogen) atoms. The Hall–Kier alpha value is -1.20. The number of anilines is 1. The van der Waals surface area contributed by atoms with Gasteiger partial charge in [-0.3, -0.25) is 0 Å². The van der Waals surface area contributed by atoms with Crippen molar-refractivity contribution in [2.45, 2.75) is 30.5 Å². The molecule has 1 aromatic rings. The molecule has 4 nitrogen and oxygen atoms in total. The van der Waals surface area contributed by atoms with Crippen LogP contribution in [0.1, 0.15) is 29.3 Å². The molecular weight excluding hydrogens is 250 g/mol. The van der Waals surface area contributed by atoms with E-state index in [4.69, 9.17) is 10.5 Å². The Balaban J connectivity index is 2.09. The first-order chi connectivity index (χ1) is 8.59. The lowest BCUT2D eigenvalue weighted by Crippen LogP contribution is -2.14. The van der Waals surface area contributed by atoms with Crippen molar-refractivity contribution in [3.8, 4) is 0 Å². The van der Waals surface area contributed by atoms with Gasteiger partial charge < -0.3 is 15.6 Å². The minimum atomic E-state index is -0.959. The molecule has 0 spiro atoms. The molecule has 98 valence electrons. The third kappa shape index (κ3) is 2.79. The molecule has 1 aliphatic rings. The molecule has 1 heterocycles. The molecule has 0 amide bonds. The summed E-state index contributed by atoms with van der Waals surface area (Å²) in [6.45, 7) is 2.85. The summed E-state index contributed by atoms with van der Waals surface area (Å²) in [6, 6.07) is 5.25. The van der Waals surface area contributed by atoms with Crippen molar-refractivity contribution in [3.05, 3.63) is 29.3 Å². The Labute approximate surface area is 111 Å². The molecule has 5 heteroatoms. The van der Waals surface area contributed by atoms with E-state index in [1.165, 1.54) is 0 Å². The average Bonchev–Trinajstić information content (AvgIpc) is 2.71. The van der Waals surface area contributed by atoms with Crippen molar-refractivity contribution in [1.29, 1.82) is 0 Å². The van der Waals surface area contributed by atoms with E-state index in [9.17, 15) is 9.90 Å². The minimum Gasteiger partial charge on any atom is -0.478 e. The number of hydrogen-bond donors (Lipinski definition) is 2. The number of hydrogen-bond acceptors (Lipinski definition) is 4. The monoisotopic (exact) mass is 267 g/mol. The number of nitrogen functional groups attached to an aromatic ring is 1. The van der Waals surface area contributed by atoms with Crippen molar-refractivity contribution in [1.82, 2.24) is 0 Å². The van der Waals surface area contributed by atoms with Gasteiger partial charge in [-0.25, -0.2) is 4.79 Å². The zero-order valence-electron chi connectivity index (χ0n) is 10.3. The number of carboxylic acid groups (broad SMARTS) is 1. The molecule has 1 aliphatic heterocycles. The number of aromatic carboxylic acids is 1. The van der Waals surface area contributed by atoms with E-state index < -0.39 is 5.97 Å². The Morgan fingerprint density at radius 3 is 3.00 bits per heavy atom. The maximum atomic E-state index is 11.2. The number of ether oxygens (including phenoxy) is 1. The first-order valence-electron chi connectivity index (χ1n) is 5.93. The van der Waals surface area contributed by atoms with Crippen LogP contribution >= 0.6 is 11.8 Å². The summed E-state index contributed by atoms with van der Waals surface area (Å²) in [5, 5.41) is 9.61. The Bertz CT molecular complexity index is 450. The van der Waals surface area contributed by atoms with Gasteiger partial charge in [0.25, 0.3) is 0 Å². The summed E-state index contributed by atoms with van der Waals surface area (Å²) in [5.74, 6) is -0.301. The highest BCUT2D eigenvalue weighted by Gasteiger charge is 2.25. The van der Waals surface area contributed by atoms with Crippen LogP contribution in [0.3, 0.4) is 0 Å². The van der Waals surface area contributed by atoms with Gasteiger partial charge in [0.1, 0.15) is 0 Å². The summed E-state index contributed by atoms with van der Waals surface area (Å²) < 4.78 is 5.49. The Morgan fingerprint density at radius 1 is 1.61 bits per heavy atom. The third-order valence-corrected chi connectivity index (χ3v) is 4.68. The van der Waals surface area contributed by atoms with Gasteiger partial charge in [-0.1, -0.05) is 12.1 Å². The van der Waals surface area contributed by atoms with Gasteiger partial charge in [0.2, 0.25) is 0 Å². The van der Waals surface area contributed by atoms with Crippen molar-refractivity contribution in [2.75, 3.05) is 12.3 Å². The standard InChI is InChI=1S/C13H17NO3S/c1-8-11(5-6-17-8)18-7-9-3-2-4-10(14)12(9)13(15)16/h2-4,8,11H,5-7,14H2,1H3,(H,15,16). The quantitative estimate of drug-likeness (QED) is 0.819. The fraction of sp³-hybridized carbons (Fsp3) is 0.462. The van der Waals surface area contributed by atoms with E-state index in [-0.39, 0.29) is 11.7 Å². The summed E-state index contributed by atoms with van der Waals surface area (Å²) in [4.78, 5) is 11.2. The first kappa shape index (κ1) is 13.2. The summed E-state index contributed by atoms with van der Waals surface area (Å²) in [5.41, 5.74) is 7.07. The third-order valence-electron chi connectivity index (χ3n) is 3.16. The second kappa shape index (κ2) is 5.63. The lowest BCUT2D eigenvalue weighted by Gasteiger charge is -2.15. The van der Waals surface area contributed by atoms with Crippen LogP contribution in [0.5, 0.6) is 0 Å². The van der Waals surface area contributed by atoms with Crippen molar-refractivity contribution < 1.29 is 14.6 Å².